The fraction of sp³-hybridized carbons (Fsp3) is 0.500. The van der Waals surface area contributed by atoms with Crippen LogP contribution in [0.15, 0.2) is 68.7 Å². The van der Waals surface area contributed by atoms with Crippen molar-refractivity contribution >= 4 is 35.8 Å². The van der Waals surface area contributed by atoms with Crippen LogP contribution in [0.1, 0.15) is 65.9 Å². The Morgan fingerprint density at radius 3 is 2.74 bits per heavy atom. The zero-order valence-electron chi connectivity index (χ0n) is 21.2. The number of thioether (sulfide) groups is 1. The quantitative estimate of drug-likeness (QED) is 0.0744. The zero-order chi connectivity index (χ0) is 25.3. The Balaban J connectivity index is 2.38. The maximum Gasteiger partial charge on any atom is 0.105 e. The molecule has 6 nitrogen and oxygen atoms in total. The summed E-state index contributed by atoms with van der Waals surface area (Å²) in [5.74, 6) is 6.88. The topological polar surface area (TPSA) is 69.6 Å². The maximum atomic E-state index is 6.39. The van der Waals surface area contributed by atoms with E-state index in [-0.39, 0.29) is 5.41 Å². The Kier molecular flexibility index (Phi) is 10.9. The highest BCUT2D eigenvalue weighted by Crippen LogP contribution is 2.48. The Bertz CT molecular complexity index is 951. The third-order valence-corrected chi connectivity index (χ3v) is 7.21. The van der Waals surface area contributed by atoms with E-state index >= 15 is 0 Å². The van der Waals surface area contributed by atoms with Crippen LogP contribution in [-0.2, 0) is 5.41 Å². The molecule has 8 heteroatoms. The minimum Gasteiger partial charge on any atom is -0.344 e. The van der Waals surface area contributed by atoms with Gasteiger partial charge in [0.25, 0.3) is 0 Å². The molecule has 0 aliphatic carbocycles. The van der Waals surface area contributed by atoms with Gasteiger partial charge in [-0.05, 0) is 71.0 Å². The lowest BCUT2D eigenvalue weighted by atomic mass is 9.83. The number of rotatable bonds is 13. The van der Waals surface area contributed by atoms with Crippen LogP contribution in [0.2, 0.25) is 5.02 Å². The Labute approximate surface area is 214 Å². The number of nitrogens with two attached hydrogens (primary N) is 1. The third-order valence-electron chi connectivity index (χ3n) is 5.97. The summed E-state index contributed by atoms with van der Waals surface area (Å²) in [5, 5.41) is 12.6. The first kappa shape index (κ1) is 28.1. The van der Waals surface area contributed by atoms with Crippen molar-refractivity contribution in [2.45, 2.75) is 65.7 Å². The summed E-state index contributed by atoms with van der Waals surface area (Å²) in [4.78, 5) is 3.44. The van der Waals surface area contributed by atoms with Gasteiger partial charge in [-0.1, -0.05) is 65.3 Å². The van der Waals surface area contributed by atoms with E-state index in [1.54, 1.807) is 11.8 Å². The summed E-state index contributed by atoms with van der Waals surface area (Å²) in [6.45, 7) is 19.8. The summed E-state index contributed by atoms with van der Waals surface area (Å²) in [7, 11) is 0. The van der Waals surface area contributed by atoms with Crippen LogP contribution in [0.5, 0.6) is 0 Å². The molecule has 1 aromatic carbocycles. The standard InChI is InChI=1S/C26H39ClN6S/c1-8-9-10-21(20(4)34-18-33(28)31-30-29-7)11-14-25-26(5,6)23-17-22(27)12-13-24(23)32(25)16-15-19(2)3/h11-14,17,19H,4,7-10,15-16,18,28H2,1-3,5-6H3/b21-11+,25-14+,31-30-. The van der Waals surface area contributed by atoms with Crippen LogP contribution >= 0.6 is 23.4 Å². The van der Waals surface area contributed by atoms with Gasteiger partial charge < -0.3 is 4.90 Å². The van der Waals surface area contributed by atoms with Gasteiger partial charge in [0.1, 0.15) is 5.88 Å². The van der Waals surface area contributed by atoms with Crippen molar-refractivity contribution in [3.05, 3.63) is 63.7 Å². The van der Waals surface area contributed by atoms with Gasteiger partial charge in [-0.15, -0.1) is 16.9 Å². The van der Waals surface area contributed by atoms with Gasteiger partial charge >= 0.3 is 0 Å². The zero-order valence-corrected chi connectivity index (χ0v) is 22.8. The molecule has 0 amide bonds. The average Bonchev–Trinajstić information content (AvgIpc) is 3.00. The molecule has 34 heavy (non-hydrogen) atoms. The number of allylic oxidation sites excluding steroid dienone is 4. The number of hydrogen-bond acceptors (Lipinski definition) is 5. The smallest absolute Gasteiger partial charge is 0.105 e. The van der Waals surface area contributed by atoms with Crippen LogP contribution in [0.4, 0.5) is 5.69 Å². The number of anilines is 1. The van der Waals surface area contributed by atoms with Gasteiger partial charge in [0.2, 0.25) is 0 Å². The van der Waals surface area contributed by atoms with Crippen molar-refractivity contribution in [3.63, 3.8) is 0 Å². The van der Waals surface area contributed by atoms with E-state index in [1.807, 2.05) is 6.07 Å². The number of hydrazine groups is 1. The first-order valence-electron chi connectivity index (χ1n) is 11.8. The van der Waals surface area contributed by atoms with Crippen molar-refractivity contribution in [1.82, 2.24) is 5.12 Å². The van der Waals surface area contributed by atoms with E-state index in [0.29, 0.717) is 11.8 Å². The van der Waals surface area contributed by atoms with Crippen molar-refractivity contribution < 1.29 is 0 Å². The summed E-state index contributed by atoms with van der Waals surface area (Å²) in [6, 6.07) is 6.25. The van der Waals surface area contributed by atoms with Gasteiger partial charge in [-0.25, -0.2) is 11.0 Å². The Hall–Kier alpha value is -2.09. The summed E-state index contributed by atoms with van der Waals surface area (Å²) < 4.78 is 0. The number of benzene rings is 1. The normalized spacial score (nSPS) is 16.5. The molecule has 0 saturated heterocycles. The molecule has 0 unspecified atom stereocenters. The molecule has 0 spiro atoms. The van der Waals surface area contributed by atoms with Crippen LogP contribution < -0.4 is 10.7 Å². The van der Waals surface area contributed by atoms with E-state index in [0.717, 1.165) is 42.2 Å². The van der Waals surface area contributed by atoms with Gasteiger partial charge in [-0.3, -0.25) is 0 Å². The minimum absolute atomic E-state index is 0.149. The highest BCUT2D eigenvalue weighted by Gasteiger charge is 2.39. The van der Waals surface area contributed by atoms with Crippen molar-refractivity contribution in [2.24, 2.45) is 27.3 Å². The number of unbranched alkanes of at least 4 members (excludes halogenated alkanes) is 1. The predicted octanol–water partition coefficient (Wildman–Crippen LogP) is 7.85. The van der Waals surface area contributed by atoms with E-state index < -0.39 is 0 Å². The fourth-order valence-corrected chi connectivity index (χ4v) is 4.85. The van der Waals surface area contributed by atoms with Crippen LogP contribution in [0.3, 0.4) is 0 Å². The van der Waals surface area contributed by atoms with Gasteiger partial charge in [-0.2, -0.15) is 0 Å². The molecule has 2 rings (SSSR count). The van der Waals surface area contributed by atoms with Crippen LogP contribution in [0.25, 0.3) is 0 Å². The second kappa shape index (κ2) is 13.1. The first-order chi connectivity index (χ1) is 16.1. The largest absolute Gasteiger partial charge is 0.344 e. The molecule has 1 aliphatic rings. The number of fused-ring (bicyclic) bond motifs is 1. The molecule has 0 radical (unpaired) electrons. The minimum atomic E-state index is -0.149. The lowest BCUT2D eigenvalue weighted by molar-refractivity contribution is 0.327. The van der Waals surface area contributed by atoms with E-state index in [4.69, 9.17) is 17.4 Å². The van der Waals surface area contributed by atoms with E-state index in [9.17, 15) is 0 Å². The molecule has 0 fully saturated rings. The molecule has 1 aromatic rings. The van der Waals surface area contributed by atoms with Crippen molar-refractivity contribution in [3.8, 4) is 0 Å². The van der Waals surface area contributed by atoms with Crippen molar-refractivity contribution in [2.75, 3.05) is 17.3 Å². The SMILES string of the molecule is C=N/N=N\N(N)CSC(=C)/C(=C/C=C1/N(CCC(C)C)c2ccc(Cl)cc2C1(C)C)CCCC. The summed E-state index contributed by atoms with van der Waals surface area (Å²) in [6.07, 6.45) is 8.78. The van der Waals surface area contributed by atoms with Crippen molar-refractivity contribution in [1.29, 1.82) is 0 Å². The molecule has 186 valence electrons. The first-order valence-corrected chi connectivity index (χ1v) is 13.2. The molecule has 0 bridgehead atoms. The molecular weight excluding hydrogens is 464 g/mol. The molecule has 1 heterocycles. The van der Waals surface area contributed by atoms with E-state index in [2.05, 4.69) is 92.6 Å². The molecular formula is C26H39ClN6S. The molecule has 0 aromatic heterocycles. The molecule has 0 atom stereocenters. The second-order valence-electron chi connectivity index (χ2n) is 9.42. The maximum absolute atomic E-state index is 6.39. The fourth-order valence-electron chi connectivity index (χ4n) is 3.98. The number of halogens is 1. The number of hydrogen-bond donors (Lipinski definition) is 1. The lowest BCUT2D eigenvalue weighted by Crippen LogP contribution is -2.27. The highest BCUT2D eigenvalue weighted by atomic mass is 35.5. The van der Waals surface area contributed by atoms with Gasteiger partial charge in [0.05, 0.1) is 0 Å². The van der Waals surface area contributed by atoms with Crippen LogP contribution in [0, 0.1) is 5.92 Å². The Morgan fingerprint density at radius 2 is 2.09 bits per heavy atom. The molecule has 0 saturated carbocycles. The highest BCUT2D eigenvalue weighted by molar-refractivity contribution is 8.03. The average molecular weight is 503 g/mol. The number of nitrogens with zero attached hydrogens (tertiary/aromatic N) is 5. The predicted molar refractivity (Wildman–Crippen MR) is 149 cm³/mol. The van der Waals surface area contributed by atoms with Crippen LogP contribution in [-0.4, -0.2) is 24.3 Å². The van der Waals surface area contributed by atoms with Gasteiger partial charge in [0, 0.05) is 40.0 Å². The van der Waals surface area contributed by atoms with E-state index in [1.165, 1.54) is 27.6 Å². The molecule has 2 N–H and O–H groups in total. The lowest BCUT2D eigenvalue weighted by Gasteiger charge is -2.27. The summed E-state index contributed by atoms with van der Waals surface area (Å²) in [5.41, 5.74) is 4.86. The Morgan fingerprint density at radius 1 is 1.35 bits per heavy atom. The monoisotopic (exact) mass is 502 g/mol. The molecule has 1 aliphatic heterocycles. The van der Waals surface area contributed by atoms with Gasteiger partial charge in [0.15, 0.2) is 0 Å². The summed E-state index contributed by atoms with van der Waals surface area (Å²) >= 11 is 7.93. The third kappa shape index (κ3) is 7.45. The second-order valence-corrected chi connectivity index (χ2v) is 10.9.